The fraction of sp³-hybridized carbons (Fsp3) is 0.0833. The van der Waals surface area contributed by atoms with Gasteiger partial charge in [0.25, 0.3) is 5.56 Å². The monoisotopic (exact) mass is 381 g/mol. The number of rotatable bonds is 3. The van der Waals surface area contributed by atoms with Crippen LogP contribution in [0.1, 0.15) is 0 Å². The molecule has 5 rings (SSSR count). The Hall–Kier alpha value is -3.86. The molecule has 0 unspecified atom stereocenters. The van der Waals surface area contributed by atoms with Crippen LogP contribution in [0.3, 0.4) is 0 Å². The van der Waals surface area contributed by atoms with Gasteiger partial charge < -0.3 is 4.74 Å². The van der Waals surface area contributed by atoms with E-state index >= 15 is 0 Å². The van der Waals surface area contributed by atoms with Crippen molar-refractivity contribution in [2.75, 3.05) is 7.11 Å². The molecule has 0 aliphatic heterocycles. The second-order valence-electron chi connectivity index (χ2n) is 6.99. The third-order valence-electron chi connectivity index (χ3n) is 5.27. The van der Waals surface area contributed by atoms with Crippen LogP contribution in [0.25, 0.3) is 38.9 Å². The Kier molecular flexibility index (Phi) is 3.95. The van der Waals surface area contributed by atoms with Gasteiger partial charge in [-0.1, -0.05) is 48.5 Å². The first-order chi connectivity index (χ1) is 14.2. The number of aromatic nitrogens is 3. The molecule has 0 spiro atoms. The first-order valence-electron chi connectivity index (χ1n) is 9.38. The first kappa shape index (κ1) is 17.3. The minimum atomic E-state index is -0.0378. The Morgan fingerprint density at radius 3 is 2.38 bits per heavy atom. The summed E-state index contributed by atoms with van der Waals surface area (Å²) in [5.41, 5.74) is 5.37. The van der Waals surface area contributed by atoms with Gasteiger partial charge in [-0.25, -0.2) is 4.52 Å². The molecule has 0 amide bonds. The first-order valence-corrected chi connectivity index (χ1v) is 9.38. The molecule has 5 heteroatoms. The van der Waals surface area contributed by atoms with Gasteiger partial charge in [0.1, 0.15) is 11.4 Å². The van der Waals surface area contributed by atoms with E-state index in [1.54, 1.807) is 18.7 Å². The molecule has 0 aliphatic rings. The van der Waals surface area contributed by atoms with Crippen LogP contribution in [0.4, 0.5) is 0 Å². The molecular weight excluding hydrogens is 362 g/mol. The fourth-order valence-corrected chi connectivity index (χ4v) is 3.69. The van der Waals surface area contributed by atoms with Crippen molar-refractivity contribution < 1.29 is 4.74 Å². The Morgan fingerprint density at radius 2 is 1.59 bits per heavy atom. The number of aryl methyl sites for hydroxylation is 1. The molecule has 0 bridgehead atoms. The van der Waals surface area contributed by atoms with E-state index in [9.17, 15) is 4.79 Å². The Balaban J connectivity index is 1.79. The average molecular weight is 381 g/mol. The zero-order valence-corrected chi connectivity index (χ0v) is 16.2. The smallest absolute Gasteiger partial charge is 0.261 e. The third kappa shape index (κ3) is 2.79. The standard InChI is InChI=1S/C24H19N3O2/c1-26-23-15-21(16-7-4-3-5-8-16)25-27(23)22-14-18(11-12-20(22)24(26)28)17-9-6-10-19(13-17)29-2/h3-15H,1-2H3. The van der Waals surface area contributed by atoms with Crippen molar-refractivity contribution in [3.63, 3.8) is 0 Å². The quantitative estimate of drug-likeness (QED) is 0.461. The van der Waals surface area contributed by atoms with Crippen LogP contribution >= 0.6 is 0 Å². The number of fused-ring (bicyclic) bond motifs is 3. The minimum absolute atomic E-state index is 0.0378. The van der Waals surface area contributed by atoms with Gasteiger partial charge in [-0.05, 0) is 35.4 Å². The summed E-state index contributed by atoms with van der Waals surface area (Å²) >= 11 is 0. The number of methoxy groups -OCH3 is 1. The van der Waals surface area contributed by atoms with E-state index in [-0.39, 0.29) is 5.56 Å². The van der Waals surface area contributed by atoms with E-state index < -0.39 is 0 Å². The van der Waals surface area contributed by atoms with Gasteiger partial charge in [-0.3, -0.25) is 9.36 Å². The van der Waals surface area contributed by atoms with E-state index in [1.807, 2.05) is 83.4 Å². The summed E-state index contributed by atoms with van der Waals surface area (Å²) in [6.07, 6.45) is 0. The van der Waals surface area contributed by atoms with Gasteiger partial charge in [-0.2, -0.15) is 5.10 Å². The summed E-state index contributed by atoms with van der Waals surface area (Å²) in [5, 5.41) is 5.45. The van der Waals surface area contributed by atoms with Gasteiger partial charge in [-0.15, -0.1) is 0 Å². The maximum atomic E-state index is 12.9. The summed E-state index contributed by atoms with van der Waals surface area (Å²) in [6, 6.07) is 25.7. The van der Waals surface area contributed by atoms with Crippen molar-refractivity contribution >= 4 is 16.6 Å². The van der Waals surface area contributed by atoms with Crippen LogP contribution in [-0.4, -0.2) is 21.3 Å². The highest BCUT2D eigenvalue weighted by atomic mass is 16.5. The summed E-state index contributed by atoms with van der Waals surface area (Å²) in [5.74, 6) is 0.794. The number of ether oxygens (including phenoxy) is 1. The van der Waals surface area contributed by atoms with Crippen molar-refractivity contribution in [3.8, 4) is 28.1 Å². The molecule has 2 aromatic heterocycles. The van der Waals surface area contributed by atoms with Gasteiger partial charge in [0, 0.05) is 18.7 Å². The fourth-order valence-electron chi connectivity index (χ4n) is 3.69. The molecule has 0 fully saturated rings. The van der Waals surface area contributed by atoms with E-state index in [0.29, 0.717) is 5.39 Å². The van der Waals surface area contributed by atoms with Gasteiger partial charge >= 0.3 is 0 Å². The van der Waals surface area contributed by atoms with Gasteiger partial charge in [0.05, 0.1) is 23.7 Å². The predicted octanol–water partition coefficient (Wildman–Crippen LogP) is 4.53. The molecular formula is C24H19N3O2. The average Bonchev–Trinajstić information content (AvgIpc) is 3.24. The van der Waals surface area contributed by atoms with Crippen LogP contribution in [0.5, 0.6) is 5.75 Å². The summed E-state index contributed by atoms with van der Waals surface area (Å²) < 4.78 is 8.85. The lowest BCUT2D eigenvalue weighted by molar-refractivity contribution is 0.415. The molecule has 5 nitrogen and oxygen atoms in total. The highest BCUT2D eigenvalue weighted by Gasteiger charge is 2.14. The lowest BCUT2D eigenvalue weighted by atomic mass is 10.0. The van der Waals surface area contributed by atoms with Crippen LogP contribution in [0.2, 0.25) is 0 Å². The molecule has 0 atom stereocenters. The van der Waals surface area contributed by atoms with Crippen molar-refractivity contribution in [2.45, 2.75) is 0 Å². The summed E-state index contributed by atoms with van der Waals surface area (Å²) in [6.45, 7) is 0. The molecule has 5 aromatic rings. The number of hydrogen-bond acceptors (Lipinski definition) is 3. The normalized spacial score (nSPS) is 11.2. The molecule has 142 valence electrons. The van der Waals surface area contributed by atoms with Crippen molar-refractivity contribution in [2.24, 2.45) is 7.05 Å². The van der Waals surface area contributed by atoms with Crippen molar-refractivity contribution in [3.05, 3.63) is 89.2 Å². The van der Waals surface area contributed by atoms with Gasteiger partial charge in [0.15, 0.2) is 0 Å². The lowest BCUT2D eigenvalue weighted by Gasteiger charge is -2.09. The Morgan fingerprint density at radius 1 is 0.828 bits per heavy atom. The largest absolute Gasteiger partial charge is 0.497 e. The maximum absolute atomic E-state index is 12.9. The third-order valence-corrected chi connectivity index (χ3v) is 5.27. The molecule has 3 aromatic carbocycles. The highest BCUT2D eigenvalue weighted by Crippen LogP contribution is 2.27. The lowest BCUT2D eigenvalue weighted by Crippen LogP contribution is -2.19. The van der Waals surface area contributed by atoms with Crippen LogP contribution in [-0.2, 0) is 7.05 Å². The molecule has 29 heavy (non-hydrogen) atoms. The van der Waals surface area contributed by atoms with Crippen molar-refractivity contribution in [1.29, 1.82) is 0 Å². The molecule has 0 saturated heterocycles. The maximum Gasteiger partial charge on any atom is 0.261 e. The van der Waals surface area contributed by atoms with E-state index in [1.165, 1.54) is 0 Å². The number of benzene rings is 3. The van der Waals surface area contributed by atoms with Crippen LogP contribution < -0.4 is 10.3 Å². The predicted molar refractivity (Wildman–Crippen MR) is 115 cm³/mol. The van der Waals surface area contributed by atoms with Crippen LogP contribution in [0.15, 0.2) is 83.7 Å². The summed E-state index contributed by atoms with van der Waals surface area (Å²) in [4.78, 5) is 12.9. The highest BCUT2D eigenvalue weighted by molar-refractivity contribution is 5.86. The molecule has 2 heterocycles. The SMILES string of the molecule is COc1cccc(-c2ccc3c(=O)n(C)c4cc(-c5ccccc5)nn4c3c2)c1. The second kappa shape index (κ2) is 6.63. The van der Waals surface area contributed by atoms with E-state index in [2.05, 4.69) is 0 Å². The van der Waals surface area contributed by atoms with Crippen molar-refractivity contribution in [1.82, 2.24) is 14.2 Å². The van der Waals surface area contributed by atoms with Gasteiger partial charge in [0.2, 0.25) is 0 Å². The zero-order valence-electron chi connectivity index (χ0n) is 16.2. The molecule has 0 radical (unpaired) electrons. The second-order valence-corrected chi connectivity index (χ2v) is 6.99. The molecule has 0 saturated carbocycles. The Labute approximate surface area is 167 Å². The molecule has 0 aliphatic carbocycles. The van der Waals surface area contributed by atoms with Crippen LogP contribution in [0, 0.1) is 0 Å². The van der Waals surface area contributed by atoms with E-state index in [4.69, 9.17) is 9.84 Å². The minimum Gasteiger partial charge on any atom is -0.497 e. The number of nitrogens with zero attached hydrogens (tertiary/aromatic N) is 3. The molecule has 0 N–H and O–H groups in total. The number of hydrogen-bond donors (Lipinski definition) is 0. The Bertz CT molecular complexity index is 1420. The topological polar surface area (TPSA) is 48.5 Å². The summed E-state index contributed by atoms with van der Waals surface area (Å²) in [7, 11) is 3.44. The van der Waals surface area contributed by atoms with E-state index in [0.717, 1.165) is 39.3 Å². The zero-order chi connectivity index (χ0) is 20.0.